The van der Waals surface area contributed by atoms with E-state index in [1.165, 1.54) is 4.88 Å². The molecule has 2 rings (SSSR count). The van der Waals surface area contributed by atoms with E-state index in [0.29, 0.717) is 18.5 Å². The topological polar surface area (TPSA) is 63.0 Å². The van der Waals surface area contributed by atoms with Crippen LogP contribution in [0.4, 0.5) is 6.01 Å². The van der Waals surface area contributed by atoms with E-state index in [0.717, 1.165) is 16.8 Å². The Kier molecular flexibility index (Phi) is 5.35. The van der Waals surface area contributed by atoms with E-state index < -0.39 is 0 Å². The fraction of sp³-hybridized carbons (Fsp3) is 0.500. The largest absolute Gasteiger partial charge is 0.406 e. The molecule has 0 aliphatic heterocycles. The highest BCUT2D eigenvalue weighted by molar-refractivity contribution is 9.11. The zero-order valence-corrected chi connectivity index (χ0v) is 13.3. The van der Waals surface area contributed by atoms with Crippen molar-refractivity contribution in [3.05, 3.63) is 26.7 Å². The smallest absolute Gasteiger partial charge is 0.315 e. The number of nitrogens with zero attached hydrogens (tertiary/aromatic N) is 2. The van der Waals surface area contributed by atoms with Crippen LogP contribution in [0.5, 0.6) is 0 Å². The van der Waals surface area contributed by atoms with Crippen molar-refractivity contribution in [1.82, 2.24) is 15.5 Å². The molecule has 2 aromatic heterocycles. The molecule has 0 fully saturated rings. The number of nitrogens with one attached hydrogen (secondary N) is 2. The van der Waals surface area contributed by atoms with Gasteiger partial charge in [-0.1, -0.05) is 12.0 Å². The third kappa shape index (κ3) is 4.29. The number of halogens is 1. The second-order valence-electron chi connectivity index (χ2n) is 4.18. The second-order valence-corrected chi connectivity index (χ2v) is 6.73. The molecule has 0 bridgehead atoms. The summed E-state index contributed by atoms with van der Waals surface area (Å²) in [5, 5.41) is 14.5. The van der Waals surface area contributed by atoms with E-state index in [2.05, 4.69) is 49.8 Å². The first-order valence-electron chi connectivity index (χ1n) is 6.24. The monoisotopic (exact) mass is 344 g/mol. The Morgan fingerprint density at radius 2 is 2.26 bits per heavy atom. The lowest BCUT2D eigenvalue weighted by molar-refractivity contribution is 0.423. The number of anilines is 1. The Labute approximate surface area is 124 Å². The molecule has 2 N–H and O–H groups in total. The molecule has 1 atom stereocenters. The van der Waals surface area contributed by atoms with E-state index in [1.54, 1.807) is 11.3 Å². The average Bonchev–Trinajstić information content (AvgIpc) is 3.02. The molecule has 0 aliphatic rings. The van der Waals surface area contributed by atoms with Crippen LogP contribution in [-0.2, 0) is 6.54 Å². The van der Waals surface area contributed by atoms with Crippen LogP contribution in [-0.4, -0.2) is 16.7 Å². The SMILES string of the molecule is CCCNC(C)c1nnc(NCc2ccc(Br)s2)o1. The highest BCUT2D eigenvalue weighted by atomic mass is 79.9. The van der Waals surface area contributed by atoms with Gasteiger partial charge in [-0.05, 0) is 48.0 Å². The van der Waals surface area contributed by atoms with Crippen LogP contribution in [0, 0.1) is 0 Å². The summed E-state index contributed by atoms with van der Waals surface area (Å²) in [6.45, 7) is 5.77. The molecule has 0 radical (unpaired) electrons. The molecule has 2 heterocycles. The van der Waals surface area contributed by atoms with Crippen LogP contribution in [0.3, 0.4) is 0 Å². The van der Waals surface area contributed by atoms with Crippen molar-refractivity contribution in [2.45, 2.75) is 32.9 Å². The predicted octanol–water partition coefficient (Wildman–Crippen LogP) is 3.57. The summed E-state index contributed by atoms with van der Waals surface area (Å²) in [6, 6.07) is 4.63. The third-order valence-corrected chi connectivity index (χ3v) is 4.18. The Morgan fingerprint density at radius 3 is 2.95 bits per heavy atom. The van der Waals surface area contributed by atoms with Crippen LogP contribution in [0.2, 0.25) is 0 Å². The van der Waals surface area contributed by atoms with Gasteiger partial charge >= 0.3 is 6.01 Å². The molecule has 1 unspecified atom stereocenters. The summed E-state index contributed by atoms with van der Waals surface area (Å²) in [6.07, 6.45) is 1.08. The van der Waals surface area contributed by atoms with Gasteiger partial charge in [0.15, 0.2) is 0 Å². The highest BCUT2D eigenvalue weighted by Gasteiger charge is 2.12. The number of thiophene rings is 1. The summed E-state index contributed by atoms with van der Waals surface area (Å²) in [4.78, 5) is 1.21. The fourth-order valence-electron chi connectivity index (χ4n) is 1.54. The molecule has 0 aromatic carbocycles. The highest BCUT2D eigenvalue weighted by Crippen LogP contribution is 2.23. The van der Waals surface area contributed by atoms with Crippen molar-refractivity contribution in [3.8, 4) is 0 Å². The second kappa shape index (κ2) is 7.02. The molecule has 19 heavy (non-hydrogen) atoms. The normalized spacial score (nSPS) is 12.6. The van der Waals surface area contributed by atoms with E-state index in [9.17, 15) is 0 Å². The standard InChI is InChI=1S/C12H17BrN4OS/c1-3-6-14-8(2)11-16-17-12(18-11)15-7-9-4-5-10(13)19-9/h4-5,8,14H,3,6-7H2,1-2H3,(H,15,17). The zero-order chi connectivity index (χ0) is 13.7. The maximum atomic E-state index is 5.57. The summed E-state index contributed by atoms with van der Waals surface area (Å²) >= 11 is 5.12. The summed E-state index contributed by atoms with van der Waals surface area (Å²) < 4.78 is 6.69. The minimum Gasteiger partial charge on any atom is -0.406 e. The lowest BCUT2D eigenvalue weighted by atomic mass is 10.3. The van der Waals surface area contributed by atoms with Gasteiger partial charge in [0.05, 0.1) is 16.4 Å². The van der Waals surface area contributed by atoms with Gasteiger partial charge in [0.25, 0.3) is 0 Å². The molecule has 0 spiro atoms. The van der Waals surface area contributed by atoms with Crippen LogP contribution in [0.15, 0.2) is 20.3 Å². The first-order valence-corrected chi connectivity index (χ1v) is 7.85. The molecule has 0 amide bonds. The van der Waals surface area contributed by atoms with Crippen molar-refractivity contribution in [1.29, 1.82) is 0 Å². The van der Waals surface area contributed by atoms with E-state index in [4.69, 9.17) is 4.42 Å². The van der Waals surface area contributed by atoms with Gasteiger partial charge in [-0.3, -0.25) is 0 Å². The first kappa shape index (κ1) is 14.5. The van der Waals surface area contributed by atoms with Gasteiger partial charge in [-0.25, -0.2) is 0 Å². The minimum absolute atomic E-state index is 0.0823. The zero-order valence-electron chi connectivity index (χ0n) is 10.9. The molecule has 0 saturated heterocycles. The lowest BCUT2D eigenvalue weighted by Crippen LogP contribution is -2.19. The maximum absolute atomic E-state index is 5.57. The summed E-state index contributed by atoms with van der Waals surface area (Å²) in [5.41, 5.74) is 0. The molecule has 104 valence electrons. The van der Waals surface area contributed by atoms with Crippen LogP contribution >= 0.6 is 27.3 Å². The number of hydrogen-bond acceptors (Lipinski definition) is 6. The summed E-state index contributed by atoms with van der Waals surface area (Å²) in [5.74, 6) is 0.614. The van der Waals surface area contributed by atoms with Gasteiger partial charge < -0.3 is 15.1 Å². The van der Waals surface area contributed by atoms with Crippen LogP contribution in [0.1, 0.15) is 37.1 Å². The fourth-order valence-corrected chi connectivity index (χ4v) is 2.96. The minimum atomic E-state index is 0.0823. The van der Waals surface area contributed by atoms with Crippen molar-refractivity contribution in [2.24, 2.45) is 0 Å². The first-order chi connectivity index (χ1) is 9.19. The molecule has 0 saturated carbocycles. The van der Waals surface area contributed by atoms with E-state index >= 15 is 0 Å². The van der Waals surface area contributed by atoms with Crippen molar-refractivity contribution < 1.29 is 4.42 Å². The molecule has 5 nitrogen and oxygen atoms in total. The molecular weight excluding hydrogens is 328 g/mol. The van der Waals surface area contributed by atoms with E-state index in [1.807, 2.05) is 13.0 Å². The Hall–Kier alpha value is -0.920. The van der Waals surface area contributed by atoms with Crippen molar-refractivity contribution in [2.75, 3.05) is 11.9 Å². The Bertz CT molecular complexity index is 513. The molecule has 0 aliphatic carbocycles. The predicted molar refractivity (Wildman–Crippen MR) is 80.4 cm³/mol. The van der Waals surface area contributed by atoms with Crippen molar-refractivity contribution in [3.63, 3.8) is 0 Å². The van der Waals surface area contributed by atoms with Gasteiger partial charge in [-0.15, -0.1) is 16.4 Å². The number of rotatable bonds is 7. The number of aromatic nitrogens is 2. The maximum Gasteiger partial charge on any atom is 0.315 e. The summed E-state index contributed by atoms with van der Waals surface area (Å²) in [7, 11) is 0. The molecule has 2 aromatic rings. The van der Waals surface area contributed by atoms with E-state index in [-0.39, 0.29) is 6.04 Å². The van der Waals surface area contributed by atoms with Gasteiger partial charge in [0.2, 0.25) is 5.89 Å². The van der Waals surface area contributed by atoms with Crippen LogP contribution < -0.4 is 10.6 Å². The Balaban J connectivity index is 1.86. The number of hydrogen-bond donors (Lipinski definition) is 2. The third-order valence-electron chi connectivity index (χ3n) is 2.55. The van der Waals surface area contributed by atoms with Gasteiger partial charge in [0, 0.05) is 4.88 Å². The molecular formula is C12H17BrN4OS. The Morgan fingerprint density at radius 1 is 1.42 bits per heavy atom. The quantitative estimate of drug-likeness (QED) is 0.803. The van der Waals surface area contributed by atoms with Crippen molar-refractivity contribution >= 4 is 33.3 Å². The van der Waals surface area contributed by atoms with Gasteiger partial charge in [0.1, 0.15) is 0 Å². The molecule has 7 heteroatoms. The lowest BCUT2D eigenvalue weighted by Gasteiger charge is -2.07. The van der Waals surface area contributed by atoms with Crippen LogP contribution in [0.25, 0.3) is 0 Å². The average molecular weight is 345 g/mol. The van der Waals surface area contributed by atoms with Gasteiger partial charge in [-0.2, -0.15) is 0 Å².